The van der Waals surface area contributed by atoms with Gasteiger partial charge in [0, 0.05) is 37.3 Å². The number of carbonyl (C=O) groups excluding carboxylic acids is 2. The minimum Gasteiger partial charge on any atom is -0.339 e. The second-order valence-corrected chi connectivity index (χ2v) is 8.81. The van der Waals surface area contributed by atoms with Gasteiger partial charge in [-0.25, -0.2) is 9.97 Å². The lowest BCUT2D eigenvalue weighted by Crippen LogP contribution is -2.46. The van der Waals surface area contributed by atoms with Gasteiger partial charge in [-0.1, -0.05) is 24.3 Å². The Morgan fingerprint density at radius 3 is 2.94 bits per heavy atom. The molecule has 9 heteroatoms. The molecule has 2 fully saturated rings. The van der Waals surface area contributed by atoms with Crippen LogP contribution in [0.1, 0.15) is 24.2 Å². The molecule has 2 amide bonds. The van der Waals surface area contributed by atoms with E-state index in [2.05, 4.69) is 43.7 Å². The molecule has 2 N–H and O–H groups in total. The second-order valence-electron chi connectivity index (χ2n) is 7.80. The maximum Gasteiger partial charge on any atom is 0.290 e. The zero-order valence-electron chi connectivity index (χ0n) is 17.3. The third kappa shape index (κ3) is 4.63. The highest BCUT2D eigenvalue weighted by molar-refractivity contribution is 8.18. The summed E-state index contributed by atoms with van der Waals surface area (Å²) < 4.78 is 0. The number of thioether (sulfide) groups is 1. The number of nitrogens with one attached hydrogen (secondary N) is 2. The highest BCUT2D eigenvalue weighted by atomic mass is 32.2. The Kier molecular flexibility index (Phi) is 5.83. The van der Waals surface area contributed by atoms with Crippen molar-refractivity contribution in [2.24, 2.45) is 0 Å². The number of nitrogens with zero attached hydrogens (tertiary/aromatic N) is 4. The normalized spacial score (nSPS) is 20.2. The van der Waals surface area contributed by atoms with Crippen molar-refractivity contribution in [3.63, 3.8) is 0 Å². The van der Waals surface area contributed by atoms with Crippen LogP contribution < -0.4 is 15.5 Å². The Morgan fingerprint density at radius 1 is 1.16 bits per heavy atom. The molecule has 2 aromatic heterocycles. The molecular weight excluding hydrogens is 424 g/mol. The maximum absolute atomic E-state index is 11.8. The van der Waals surface area contributed by atoms with Gasteiger partial charge < -0.3 is 10.2 Å². The van der Waals surface area contributed by atoms with E-state index in [4.69, 9.17) is 4.98 Å². The van der Waals surface area contributed by atoms with Gasteiger partial charge in [-0.05, 0) is 48.9 Å². The van der Waals surface area contributed by atoms with Crippen molar-refractivity contribution in [3.05, 3.63) is 65.0 Å². The molecule has 1 atom stereocenters. The Balaban J connectivity index is 1.24. The molecule has 0 bridgehead atoms. The highest BCUT2D eigenvalue weighted by Gasteiger charge is 2.26. The van der Waals surface area contributed by atoms with Crippen LogP contribution >= 0.6 is 11.8 Å². The number of fused-ring (bicyclic) bond motifs is 1. The van der Waals surface area contributed by atoms with Crippen LogP contribution in [0.2, 0.25) is 0 Å². The highest BCUT2D eigenvalue weighted by Crippen LogP contribution is 2.25. The first kappa shape index (κ1) is 20.6. The van der Waals surface area contributed by atoms with Crippen molar-refractivity contribution in [2.75, 3.05) is 18.0 Å². The number of hydrogen-bond donors (Lipinski definition) is 2. The summed E-state index contributed by atoms with van der Waals surface area (Å²) in [6.45, 7) is 2.37. The number of aromatic nitrogens is 3. The van der Waals surface area contributed by atoms with E-state index < -0.39 is 0 Å². The number of carbonyl (C=O) groups is 2. The second kappa shape index (κ2) is 9.05. The van der Waals surface area contributed by atoms with Crippen molar-refractivity contribution >= 4 is 45.8 Å². The fourth-order valence-corrected chi connectivity index (χ4v) is 4.60. The number of rotatable bonds is 5. The first-order valence-corrected chi connectivity index (χ1v) is 11.4. The summed E-state index contributed by atoms with van der Waals surface area (Å²) in [6.07, 6.45) is 5.42. The Bertz CT molecular complexity index is 1210. The molecule has 8 nitrogen and oxygen atoms in total. The monoisotopic (exact) mass is 446 g/mol. The molecular formula is C23H22N6O2S. The number of imide groups is 1. The molecule has 2 aliphatic rings. The fourth-order valence-electron chi connectivity index (χ4n) is 3.93. The first-order valence-electron chi connectivity index (χ1n) is 10.5. The van der Waals surface area contributed by atoms with Crippen LogP contribution in [0, 0.1) is 0 Å². The number of amides is 2. The van der Waals surface area contributed by atoms with Crippen LogP contribution in [-0.2, 0) is 11.3 Å². The molecule has 0 saturated carbocycles. The summed E-state index contributed by atoms with van der Waals surface area (Å²) in [5.41, 5.74) is 2.64. The quantitative estimate of drug-likeness (QED) is 0.577. The number of hydrogen-bond acceptors (Lipinski definition) is 8. The summed E-state index contributed by atoms with van der Waals surface area (Å²) in [4.78, 5) is 39.4. The van der Waals surface area contributed by atoms with E-state index in [0.29, 0.717) is 29.1 Å². The lowest BCUT2D eigenvalue weighted by molar-refractivity contribution is -0.115. The predicted molar refractivity (Wildman–Crippen MR) is 125 cm³/mol. The van der Waals surface area contributed by atoms with E-state index in [1.807, 2.05) is 18.2 Å². The van der Waals surface area contributed by atoms with Gasteiger partial charge in [-0.2, -0.15) is 0 Å². The summed E-state index contributed by atoms with van der Waals surface area (Å²) in [5, 5.41) is 6.66. The zero-order valence-corrected chi connectivity index (χ0v) is 18.1. The molecule has 3 aromatic rings. The SMILES string of the molecule is O=C1NC(=O)C(=Cc2ccnc(N3CCCC(NCc4ccc5ccccc5n4)C3)n2)S1. The van der Waals surface area contributed by atoms with Crippen molar-refractivity contribution in [2.45, 2.75) is 25.4 Å². The van der Waals surface area contributed by atoms with Gasteiger partial charge in [0.05, 0.1) is 21.8 Å². The lowest BCUT2D eigenvalue weighted by Gasteiger charge is -2.33. The number of benzene rings is 1. The molecule has 4 heterocycles. The van der Waals surface area contributed by atoms with Crippen LogP contribution in [0.5, 0.6) is 0 Å². The first-order chi connectivity index (χ1) is 15.6. The van der Waals surface area contributed by atoms with E-state index in [0.717, 1.165) is 54.3 Å². The number of anilines is 1. The van der Waals surface area contributed by atoms with Crippen molar-refractivity contribution in [1.29, 1.82) is 0 Å². The van der Waals surface area contributed by atoms with Gasteiger partial charge in [0.1, 0.15) is 0 Å². The average molecular weight is 447 g/mol. The molecule has 0 spiro atoms. The van der Waals surface area contributed by atoms with E-state index in [-0.39, 0.29) is 11.1 Å². The zero-order chi connectivity index (χ0) is 21.9. The van der Waals surface area contributed by atoms with Gasteiger partial charge in [0.15, 0.2) is 0 Å². The molecule has 5 rings (SSSR count). The van der Waals surface area contributed by atoms with Crippen LogP contribution in [0.4, 0.5) is 10.7 Å². The van der Waals surface area contributed by atoms with E-state index in [1.165, 1.54) is 0 Å². The smallest absolute Gasteiger partial charge is 0.290 e. The third-order valence-corrected chi connectivity index (χ3v) is 6.33. The van der Waals surface area contributed by atoms with Crippen LogP contribution in [0.3, 0.4) is 0 Å². The topological polar surface area (TPSA) is 100 Å². The molecule has 0 radical (unpaired) electrons. The third-order valence-electron chi connectivity index (χ3n) is 5.52. The fraction of sp³-hybridized carbons (Fsp3) is 0.261. The molecule has 2 saturated heterocycles. The Hall–Kier alpha value is -3.30. The minimum absolute atomic E-state index is 0.302. The summed E-state index contributed by atoms with van der Waals surface area (Å²) in [6, 6.07) is 14.3. The van der Waals surface area contributed by atoms with Crippen LogP contribution in [0.25, 0.3) is 17.0 Å². The van der Waals surface area contributed by atoms with E-state index in [9.17, 15) is 9.59 Å². The van der Waals surface area contributed by atoms with Crippen LogP contribution in [0.15, 0.2) is 53.6 Å². The van der Waals surface area contributed by atoms with Gasteiger partial charge in [-0.3, -0.25) is 19.9 Å². The number of piperidine rings is 1. The number of para-hydroxylation sites is 1. The molecule has 1 unspecified atom stereocenters. The maximum atomic E-state index is 11.8. The van der Waals surface area contributed by atoms with Crippen molar-refractivity contribution < 1.29 is 9.59 Å². The number of pyridine rings is 1. The van der Waals surface area contributed by atoms with Crippen molar-refractivity contribution in [1.82, 2.24) is 25.6 Å². The average Bonchev–Trinajstić information content (AvgIpc) is 3.14. The van der Waals surface area contributed by atoms with Gasteiger partial charge >= 0.3 is 0 Å². The van der Waals surface area contributed by atoms with Gasteiger partial charge in [-0.15, -0.1) is 0 Å². The molecule has 2 aliphatic heterocycles. The predicted octanol–water partition coefficient (Wildman–Crippen LogP) is 3.11. The summed E-state index contributed by atoms with van der Waals surface area (Å²) in [5.74, 6) is 0.245. The summed E-state index contributed by atoms with van der Waals surface area (Å²) in [7, 11) is 0. The Labute approximate surface area is 189 Å². The summed E-state index contributed by atoms with van der Waals surface area (Å²) >= 11 is 0.887. The lowest BCUT2D eigenvalue weighted by atomic mass is 10.1. The van der Waals surface area contributed by atoms with Gasteiger partial charge in [0.2, 0.25) is 5.95 Å². The standard InChI is InChI=1S/C23H22N6O2S/c30-21-20(32-23(31)28-21)12-16-9-10-24-22(27-16)29-11-3-5-18(14-29)25-13-17-8-7-15-4-1-2-6-19(15)26-17/h1-2,4,6-10,12,18,25H,3,5,11,13-14H2,(H,28,30,31). The molecule has 162 valence electrons. The minimum atomic E-state index is -0.385. The molecule has 32 heavy (non-hydrogen) atoms. The van der Waals surface area contributed by atoms with E-state index >= 15 is 0 Å². The molecule has 0 aliphatic carbocycles. The van der Waals surface area contributed by atoms with E-state index in [1.54, 1.807) is 18.3 Å². The Morgan fingerprint density at radius 2 is 2.06 bits per heavy atom. The van der Waals surface area contributed by atoms with Crippen LogP contribution in [-0.4, -0.2) is 45.2 Å². The molecule has 1 aromatic carbocycles. The van der Waals surface area contributed by atoms with Crippen molar-refractivity contribution in [3.8, 4) is 0 Å². The van der Waals surface area contributed by atoms with Gasteiger partial charge in [0.25, 0.3) is 11.1 Å². The largest absolute Gasteiger partial charge is 0.339 e.